The third-order valence-corrected chi connectivity index (χ3v) is 4.84. The SMILES string of the molecule is CCC/C=N\C(=NCC1=CC=CC1)NC(C)Nc1cccc(Cn2ccnc2C)c1. The smallest absolute Gasteiger partial charge is 0.219 e. The Morgan fingerprint density at radius 3 is 3.00 bits per heavy atom. The molecule has 1 unspecified atom stereocenters. The molecule has 3 rings (SSSR count). The monoisotopic (exact) mass is 404 g/mol. The minimum atomic E-state index is -0.0107. The van der Waals surface area contributed by atoms with Crippen molar-refractivity contribution in [2.24, 2.45) is 9.98 Å². The van der Waals surface area contributed by atoms with E-state index in [0.717, 1.165) is 37.3 Å². The second kappa shape index (κ2) is 11.1. The molecule has 1 aliphatic carbocycles. The first-order valence-electron chi connectivity index (χ1n) is 10.7. The minimum Gasteiger partial charge on any atom is -0.366 e. The maximum Gasteiger partial charge on any atom is 0.219 e. The van der Waals surface area contributed by atoms with Gasteiger partial charge < -0.3 is 15.2 Å². The van der Waals surface area contributed by atoms with Gasteiger partial charge in [0.25, 0.3) is 0 Å². The van der Waals surface area contributed by atoms with Crippen LogP contribution in [-0.2, 0) is 6.54 Å². The number of benzene rings is 1. The molecular formula is C24H32N6. The molecule has 0 aliphatic heterocycles. The molecule has 6 nitrogen and oxygen atoms in total. The zero-order chi connectivity index (χ0) is 21.2. The van der Waals surface area contributed by atoms with E-state index in [1.165, 1.54) is 11.1 Å². The fraction of sp³-hybridized carbons (Fsp3) is 0.375. The fourth-order valence-corrected chi connectivity index (χ4v) is 3.20. The van der Waals surface area contributed by atoms with E-state index in [-0.39, 0.29) is 6.17 Å². The summed E-state index contributed by atoms with van der Waals surface area (Å²) in [6.07, 6.45) is 15.1. The second-order valence-electron chi connectivity index (χ2n) is 7.51. The van der Waals surface area contributed by atoms with Crippen LogP contribution in [0.5, 0.6) is 0 Å². The molecule has 30 heavy (non-hydrogen) atoms. The lowest BCUT2D eigenvalue weighted by Crippen LogP contribution is -2.37. The summed E-state index contributed by atoms with van der Waals surface area (Å²) in [5, 5.41) is 6.91. The van der Waals surface area contributed by atoms with Gasteiger partial charge in [0, 0.05) is 30.8 Å². The summed E-state index contributed by atoms with van der Waals surface area (Å²) < 4.78 is 2.14. The number of aliphatic imine (C=N–C) groups is 2. The van der Waals surface area contributed by atoms with Crippen LogP contribution in [0, 0.1) is 6.92 Å². The van der Waals surface area contributed by atoms with E-state index >= 15 is 0 Å². The van der Waals surface area contributed by atoms with Crippen LogP contribution in [-0.4, -0.2) is 34.4 Å². The van der Waals surface area contributed by atoms with Crippen molar-refractivity contribution in [3.8, 4) is 0 Å². The largest absolute Gasteiger partial charge is 0.366 e. The second-order valence-corrected chi connectivity index (χ2v) is 7.51. The minimum absolute atomic E-state index is 0.0107. The molecule has 1 aromatic heterocycles. The highest BCUT2D eigenvalue weighted by Crippen LogP contribution is 2.14. The highest BCUT2D eigenvalue weighted by molar-refractivity contribution is 5.88. The van der Waals surface area contributed by atoms with Gasteiger partial charge >= 0.3 is 0 Å². The molecule has 0 radical (unpaired) electrons. The van der Waals surface area contributed by atoms with E-state index in [1.807, 2.05) is 25.5 Å². The maximum absolute atomic E-state index is 4.69. The van der Waals surface area contributed by atoms with E-state index in [9.17, 15) is 0 Å². The van der Waals surface area contributed by atoms with Gasteiger partial charge in [-0.1, -0.05) is 43.7 Å². The molecule has 0 bridgehead atoms. The molecule has 1 aliphatic rings. The molecule has 0 spiro atoms. The first kappa shape index (κ1) is 21.6. The molecular weight excluding hydrogens is 372 g/mol. The summed E-state index contributed by atoms with van der Waals surface area (Å²) >= 11 is 0. The molecule has 2 N–H and O–H groups in total. The van der Waals surface area contributed by atoms with Gasteiger partial charge in [0.2, 0.25) is 5.96 Å². The predicted molar refractivity (Wildman–Crippen MR) is 126 cm³/mol. The van der Waals surface area contributed by atoms with Crippen molar-refractivity contribution >= 4 is 17.9 Å². The number of unbranched alkanes of at least 4 members (excludes halogenated alkanes) is 1. The molecule has 0 fully saturated rings. The van der Waals surface area contributed by atoms with Crippen molar-refractivity contribution in [2.45, 2.75) is 52.7 Å². The van der Waals surface area contributed by atoms with Gasteiger partial charge in [0.15, 0.2) is 0 Å². The normalized spacial score (nSPS) is 14.9. The number of imidazole rings is 1. The Morgan fingerprint density at radius 1 is 1.37 bits per heavy atom. The third kappa shape index (κ3) is 6.72. The Bertz CT molecular complexity index is 935. The number of hydrogen-bond donors (Lipinski definition) is 2. The molecule has 6 heteroatoms. The number of nitrogens with zero attached hydrogens (tertiary/aromatic N) is 4. The quantitative estimate of drug-likeness (QED) is 0.362. The van der Waals surface area contributed by atoms with Crippen LogP contribution < -0.4 is 10.6 Å². The van der Waals surface area contributed by atoms with Crippen molar-refractivity contribution in [3.05, 3.63) is 71.8 Å². The topological polar surface area (TPSA) is 66.6 Å². The number of rotatable bonds is 9. The Morgan fingerprint density at radius 2 is 2.27 bits per heavy atom. The number of anilines is 1. The number of aromatic nitrogens is 2. The lowest BCUT2D eigenvalue weighted by Gasteiger charge is -2.18. The molecule has 2 aromatic rings. The highest BCUT2D eigenvalue weighted by atomic mass is 15.2. The van der Waals surface area contributed by atoms with Gasteiger partial charge in [-0.25, -0.2) is 15.0 Å². The van der Waals surface area contributed by atoms with Crippen LogP contribution in [0.3, 0.4) is 0 Å². The number of nitrogens with one attached hydrogen (secondary N) is 2. The van der Waals surface area contributed by atoms with Crippen LogP contribution in [0.2, 0.25) is 0 Å². The zero-order valence-corrected chi connectivity index (χ0v) is 18.2. The van der Waals surface area contributed by atoms with E-state index in [4.69, 9.17) is 0 Å². The molecule has 0 saturated heterocycles. The molecule has 0 saturated carbocycles. The van der Waals surface area contributed by atoms with Gasteiger partial charge in [-0.2, -0.15) is 0 Å². The van der Waals surface area contributed by atoms with Gasteiger partial charge in [-0.05, 0) is 50.0 Å². The summed E-state index contributed by atoms with van der Waals surface area (Å²) in [5.74, 6) is 1.68. The van der Waals surface area contributed by atoms with E-state index < -0.39 is 0 Å². The van der Waals surface area contributed by atoms with Crippen LogP contribution in [0.4, 0.5) is 5.69 Å². The summed E-state index contributed by atoms with van der Waals surface area (Å²) in [6.45, 7) is 7.72. The van der Waals surface area contributed by atoms with Crippen LogP contribution >= 0.6 is 0 Å². The van der Waals surface area contributed by atoms with Gasteiger partial charge in [0.1, 0.15) is 5.82 Å². The van der Waals surface area contributed by atoms with Crippen molar-refractivity contribution in [2.75, 3.05) is 11.9 Å². The molecule has 158 valence electrons. The van der Waals surface area contributed by atoms with Crippen molar-refractivity contribution in [1.29, 1.82) is 0 Å². The number of aryl methyl sites for hydroxylation is 1. The molecule has 1 atom stereocenters. The Balaban J connectivity index is 1.61. The summed E-state index contributed by atoms with van der Waals surface area (Å²) in [4.78, 5) is 13.5. The standard InChI is InChI=1S/C24H32N6/c1-4-5-13-26-24(27-17-21-9-6-7-10-21)29-19(2)28-23-12-8-11-22(16-23)18-30-15-14-25-20(30)3/h6-9,11-16,19,28H,4-5,10,17-18H2,1-3H3,(H,27,29)/b26-13-. The van der Waals surface area contributed by atoms with Crippen LogP contribution in [0.25, 0.3) is 0 Å². The highest BCUT2D eigenvalue weighted by Gasteiger charge is 2.07. The van der Waals surface area contributed by atoms with Gasteiger partial charge in [0.05, 0.1) is 12.7 Å². The lowest BCUT2D eigenvalue weighted by atomic mass is 10.2. The van der Waals surface area contributed by atoms with Gasteiger partial charge in [-0.3, -0.25) is 0 Å². The fourth-order valence-electron chi connectivity index (χ4n) is 3.20. The van der Waals surface area contributed by atoms with Crippen molar-refractivity contribution in [3.63, 3.8) is 0 Å². The average Bonchev–Trinajstić information content (AvgIpc) is 3.38. The maximum atomic E-state index is 4.69. The summed E-state index contributed by atoms with van der Waals surface area (Å²) in [6, 6.07) is 8.46. The van der Waals surface area contributed by atoms with Gasteiger partial charge in [-0.15, -0.1) is 0 Å². The summed E-state index contributed by atoms with van der Waals surface area (Å²) in [5.41, 5.74) is 3.59. The third-order valence-electron chi connectivity index (χ3n) is 4.84. The number of guanidine groups is 1. The molecule has 0 amide bonds. The Kier molecular flexibility index (Phi) is 8.01. The van der Waals surface area contributed by atoms with Crippen LogP contribution in [0.1, 0.15) is 44.5 Å². The Labute approximate surface area is 179 Å². The molecule has 1 heterocycles. The predicted octanol–water partition coefficient (Wildman–Crippen LogP) is 4.70. The summed E-state index contributed by atoms with van der Waals surface area (Å²) in [7, 11) is 0. The first-order chi connectivity index (χ1) is 14.6. The van der Waals surface area contributed by atoms with Crippen molar-refractivity contribution < 1.29 is 0 Å². The van der Waals surface area contributed by atoms with E-state index in [0.29, 0.717) is 12.5 Å². The molecule has 1 aromatic carbocycles. The Hall–Kier alpha value is -3.15. The van der Waals surface area contributed by atoms with Crippen molar-refractivity contribution in [1.82, 2.24) is 14.9 Å². The first-order valence-corrected chi connectivity index (χ1v) is 10.7. The van der Waals surface area contributed by atoms with E-state index in [2.05, 4.69) is 86.5 Å². The van der Waals surface area contributed by atoms with Crippen LogP contribution in [0.15, 0.2) is 70.4 Å². The average molecular weight is 405 g/mol. The lowest BCUT2D eigenvalue weighted by molar-refractivity contribution is 0.738. The number of allylic oxidation sites excluding steroid dienone is 3. The zero-order valence-electron chi connectivity index (χ0n) is 18.2. The number of hydrogen-bond acceptors (Lipinski definition) is 3. The van der Waals surface area contributed by atoms with E-state index in [1.54, 1.807) is 0 Å².